The summed E-state index contributed by atoms with van der Waals surface area (Å²) in [4.78, 5) is 15.5. The maximum Gasteiger partial charge on any atom is 0.277 e. The lowest BCUT2D eigenvalue weighted by Crippen LogP contribution is -2.22. The average Bonchev–Trinajstić information content (AvgIpc) is 3.30. The molecule has 1 atom stereocenters. The molecule has 6 nitrogen and oxygen atoms in total. The summed E-state index contributed by atoms with van der Waals surface area (Å²) < 4.78 is 18.7. The molecule has 136 valence electrons. The van der Waals surface area contributed by atoms with Gasteiger partial charge in [0.05, 0.1) is 10.8 Å². The van der Waals surface area contributed by atoms with E-state index in [4.69, 9.17) is 4.42 Å². The number of carbonyl (C=O) groups excluding carboxylic acids is 1. The van der Waals surface area contributed by atoms with Gasteiger partial charge in [0, 0.05) is 22.8 Å². The summed E-state index contributed by atoms with van der Waals surface area (Å²) in [6.45, 7) is 1.74. The Balaban J connectivity index is 1.45. The molecule has 1 amide bonds. The van der Waals surface area contributed by atoms with Gasteiger partial charge in [-0.05, 0) is 37.3 Å². The highest BCUT2D eigenvalue weighted by atomic mass is 32.2. The molecule has 8 heteroatoms. The van der Waals surface area contributed by atoms with Crippen molar-refractivity contribution in [2.45, 2.75) is 17.4 Å². The third kappa shape index (κ3) is 3.70. The second-order valence-electron chi connectivity index (χ2n) is 5.88. The Morgan fingerprint density at radius 3 is 2.78 bits per heavy atom. The van der Waals surface area contributed by atoms with Gasteiger partial charge in [0.25, 0.3) is 11.1 Å². The molecule has 2 aromatic heterocycles. The van der Waals surface area contributed by atoms with E-state index in [1.165, 1.54) is 24.3 Å². The molecule has 2 N–H and O–H groups in total. The number of nitrogens with zero attached hydrogens (tertiary/aromatic N) is 2. The first-order chi connectivity index (χ1) is 13.1. The van der Waals surface area contributed by atoms with Crippen molar-refractivity contribution in [2.24, 2.45) is 0 Å². The molecule has 2 heterocycles. The molecule has 0 aliphatic rings. The van der Waals surface area contributed by atoms with Crippen molar-refractivity contribution in [3.8, 4) is 11.5 Å². The Morgan fingerprint density at radius 2 is 1.96 bits per heavy atom. The molecule has 0 fully saturated rings. The molecule has 0 radical (unpaired) electrons. The summed E-state index contributed by atoms with van der Waals surface area (Å²) in [5, 5.41) is 11.7. The molecule has 2 aromatic carbocycles. The molecule has 0 aliphatic carbocycles. The van der Waals surface area contributed by atoms with Gasteiger partial charge in [-0.15, -0.1) is 10.2 Å². The van der Waals surface area contributed by atoms with Crippen molar-refractivity contribution in [2.75, 3.05) is 5.32 Å². The van der Waals surface area contributed by atoms with Gasteiger partial charge in [0.1, 0.15) is 5.82 Å². The fourth-order valence-electron chi connectivity index (χ4n) is 2.60. The SMILES string of the molecule is CC(Sc1nnc(-c2c[nH]c3ccccc23)o1)C(=O)Nc1ccc(F)cc1. The number of anilines is 1. The van der Waals surface area contributed by atoms with Crippen LogP contribution in [-0.2, 0) is 4.79 Å². The topological polar surface area (TPSA) is 83.8 Å². The number of hydrogen-bond acceptors (Lipinski definition) is 5. The zero-order valence-corrected chi connectivity index (χ0v) is 15.1. The number of aromatic amines is 1. The molecule has 0 spiro atoms. The van der Waals surface area contributed by atoms with E-state index >= 15 is 0 Å². The van der Waals surface area contributed by atoms with Crippen LogP contribution in [-0.4, -0.2) is 26.3 Å². The minimum Gasteiger partial charge on any atom is -0.411 e. The Morgan fingerprint density at radius 1 is 1.19 bits per heavy atom. The van der Waals surface area contributed by atoms with Crippen molar-refractivity contribution >= 4 is 34.3 Å². The van der Waals surface area contributed by atoms with Crippen LogP contribution in [0.5, 0.6) is 0 Å². The number of halogens is 1. The number of carbonyl (C=O) groups is 1. The van der Waals surface area contributed by atoms with Crippen molar-refractivity contribution in [3.63, 3.8) is 0 Å². The number of nitrogens with one attached hydrogen (secondary N) is 2. The highest BCUT2D eigenvalue weighted by Gasteiger charge is 2.20. The first-order valence-electron chi connectivity index (χ1n) is 8.23. The van der Waals surface area contributed by atoms with E-state index in [1.54, 1.807) is 6.92 Å². The third-order valence-electron chi connectivity index (χ3n) is 3.98. The van der Waals surface area contributed by atoms with E-state index in [1.807, 2.05) is 30.5 Å². The molecule has 1 unspecified atom stereocenters. The predicted octanol–water partition coefficient (Wildman–Crippen LogP) is 4.48. The van der Waals surface area contributed by atoms with Crippen molar-refractivity contribution in [1.29, 1.82) is 0 Å². The van der Waals surface area contributed by atoms with Crippen LogP contribution in [0, 0.1) is 5.82 Å². The third-order valence-corrected chi connectivity index (χ3v) is 4.92. The molecule has 27 heavy (non-hydrogen) atoms. The zero-order valence-electron chi connectivity index (χ0n) is 14.3. The van der Waals surface area contributed by atoms with Gasteiger partial charge in [-0.3, -0.25) is 4.79 Å². The monoisotopic (exact) mass is 382 g/mol. The average molecular weight is 382 g/mol. The van der Waals surface area contributed by atoms with E-state index in [0.29, 0.717) is 16.8 Å². The number of hydrogen-bond donors (Lipinski definition) is 2. The molecule has 0 aliphatic heterocycles. The lowest BCUT2D eigenvalue weighted by atomic mass is 10.2. The van der Waals surface area contributed by atoms with Crippen LogP contribution in [0.15, 0.2) is 64.4 Å². The van der Waals surface area contributed by atoms with E-state index in [9.17, 15) is 9.18 Å². The van der Waals surface area contributed by atoms with Gasteiger partial charge in [-0.25, -0.2) is 4.39 Å². The maximum atomic E-state index is 12.9. The van der Waals surface area contributed by atoms with Gasteiger partial charge in [-0.2, -0.15) is 0 Å². The fraction of sp³-hybridized carbons (Fsp3) is 0.105. The number of benzene rings is 2. The number of rotatable bonds is 5. The molecule has 4 aromatic rings. The standard InChI is InChI=1S/C19H15FN4O2S/c1-11(17(25)22-13-8-6-12(20)7-9-13)27-19-24-23-18(26-19)15-10-21-16-5-3-2-4-14(15)16/h2-11,21H,1H3,(H,22,25). The van der Waals surface area contributed by atoms with Crippen LogP contribution in [0.2, 0.25) is 0 Å². The van der Waals surface area contributed by atoms with Crippen LogP contribution in [0.3, 0.4) is 0 Å². The Hall–Kier alpha value is -3.13. The van der Waals surface area contributed by atoms with Crippen LogP contribution < -0.4 is 5.32 Å². The normalized spacial score (nSPS) is 12.2. The Kier molecular flexibility index (Phi) is 4.64. The van der Waals surface area contributed by atoms with Crippen molar-refractivity contribution < 1.29 is 13.6 Å². The Bertz CT molecular complexity index is 1090. The van der Waals surface area contributed by atoms with Crippen LogP contribution in [0.1, 0.15) is 6.92 Å². The predicted molar refractivity (Wildman–Crippen MR) is 102 cm³/mol. The number of fused-ring (bicyclic) bond motifs is 1. The summed E-state index contributed by atoms with van der Waals surface area (Å²) in [7, 11) is 0. The molecule has 0 saturated heterocycles. The number of para-hydroxylation sites is 1. The number of thioether (sulfide) groups is 1. The van der Waals surface area contributed by atoms with Crippen LogP contribution in [0.25, 0.3) is 22.4 Å². The first-order valence-corrected chi connectivity index (χ1v) is 9.11. The lowest BCUT2D eigenvalue weighted by molar-refractivity contribution is -0.115. The number of aromatic nitrogens is 3. The smallest absolute Gasteiger partial charge is 0.277 e. The highest BCUT2D eigenvalue weighted by Crippen LogP contribution is 2.30. The van der Waals surface area contributed by atoms with Gasteiger partial charge >= 0.3 is 0 Å². The zero-order chi connectivity index (χ0) is 18.8. The summed E-state index contributed by atoms with van der Waals surface area (Å²) >= 11 is 1.16. The van der Waals surface area contributed by atoms with E-state index in [2.05, 4.69) is 20.5 Å². The minimum absolute atomic E-state index is 0.238. The van der Waals surface area contributed by atoms with Crippen LogP contribution in [0.4, 0.5) is 10.1 Å². The molecule has 0 saturated carbocycles. The lowest BCUT2D eigenvalue weighted by Gasteiger charge is -2.09. The minimum atomic E-state index is -0.466. The second kappa shape index (κ2) is 7.24. The van der Waals surface area contributed by atoms with Gasteiger partial charge in [0.15, 0.2) is 0 Å². The van der Waals surface area contributed by atoms with Crippen molar-refractivity contribution in [3.05, 3.63) is 60.5 Å². The molecular formula is C19H15FN4O2S. The molecular weight excluding hydrogens is 367 g/mol. The van der Waals surface area contributed by atoms with Gasteiger partial charge in [-0.1, -0.05) is 30.0 Å². The first kappa shape index (κ1) is 17.3. The summed E-state index contributed by atoms with van der Waals surface area (Å²) in [5.41, 5.74) is 2.32. The van der Waals surface area contributed by atoms with Gasteiger partial charge < -0.3 is 14.7 Å². The van der Waals surface area contributed by atoms with Gasteiger partial charge in [0.2, 0.25) is 5.91 Å². The summed E-state index contributed by atoms with van der Waals surface area (Å²) in [6, 6.07) is 13.4. The second-order valence-corrected chi connectivity index (χ2v) is 7.17. The maximum absolute atomic E-state index is 12.9. The molecule has 4 rings (SSSR count). The molecule has 0 bridgehead atoms. The van der Waals surface area contributed by atoms with E-state index in [-0.39, 0.29) is 11.7 Å². The van der Waals surface area contributed by atoms with Crippen LogP contribution >= 0.6 is 11.8 Å². The van der Waals surface area contributed by atoms with E-state index in [0.717, 1.165) is 28.2 Å². The number of H-pyrrole nitrogens is 1. The Labute approximate surface area is 158 Å². The summed E-state index contributed by atoms with van der Waals surface area (Å²) in [5.74, 6) is -0.203. The fourth-order valence-corrected chi connectivity index (χ4v) is 3.28. The summed E-state index contributed by atoms with van der Waals surface area (Å²) in [6.07, 6.45) is 1.82. The van der Waals surface area contributed by atoms with Crippen molar-refractivity contribution in [1.82, 2.24) is 15.2 Å². The number of amides is 1. The largest absolute Gasteiger partial charge is 0.411 e. The van der Waals surface area contributed by atoms with E-state index < -0.39 is 5.25 Å². The highest BCUT2D eigenvalue weighted by molar-refractivity contribution is 8.00. The quantitative estimate of drug-likeness (QED) is 0.497.